The van der Waals surface area contributed by atoms with Gasteiger partial charge in [0.05, 0.1) is 12.8 Å². The molecular formula is C18H19NO3. The number of methoxy groups -OCH3 is 1. The van der Waals surface area contributed by atoms with Gasteiger partial charge in [-0.2, -0.15) is 0 Å². The molecule has 0 saturated heterocycles. The van der Waals surface area contributed by atoms with E-state index in [-0.39, 0.29) is 5.91 Å². The van der Waals surface area contributed by atoms with Gasteiger partial charge in [-0.3, -0.25) is 4.79 Å². The number of benzene rings is 2. The van der Waals surface area contributed by atoms with Crippen molar-refractivity contribution in [2.75, 3.05) is 19.0 Å². The van der Waals surface area contributed by atoms with E-state index in [1.807, 2.05) is 19.1 Å². The number of rotatable bonds is 6. The van der Waals surface area contributed by atoms with Crippen LogP contribution in [0.15, 0.2) is 60.7 Å². The summed E-state index contributed by atoms with van der Waals surface area (Å²) in [5, 5.41) is 2.83. The normalized spacial score (nSPS) is 9.91. The number of anilines is 1. The average Bonchev–Trinajstić information content (AvgIpc) is 2.54. The van der Waals surface area contributed by atoms with Gasteiger partial charge in [-0.25, -0.2) is 0 Å². The maximum absolute atomic E-state index is 12.2. The van der Waals surface area contributed by atoms with Crippen molar-refractivity contribution in [3.8, 4) is 11.5 Å². The smallest absolute Gasteiger partial charge is 0.255 e. The summed E-state index contributed by atoms with van der Waals surface area (Å²) in [6.07, 6.45) is 0. The summed E-state index contributed by atoms with van der Waals surface area (Å²) in [4.78, 5) is 12.2. The highest BCUT2D eigenvalue weighted by atomic mass is 16.5. The monoisotopic (exact) mass is 297 g/mol. The highest BCUT2D eigenvalue weighted by molar-refractivity contribution is 6.05. The van der Waals surface area contributed by atoms with E-state index in [1.165, 1.54) is 0 Å². The van der Waals surface area contributed by atoms with E-state index in [0.717, 1.165) is 5.57 Å². The molecule has 2 aromatic rings. The summed E-state index contributed by atoms with van der Waals surface area (Å²) in [6, 6.07) is 14.2. The van der Waals surface area contributed by atoms with Crippen LogP contribution in [0, 0.1) is 0 Å². The zero-order valence-electron chi connectivity index (χ0n) is 12.8. The van der Waals surface area contributed by atoms with Crippen molar-refractivity contribution < 1.29 is 14.3 Å². The zero-order valence-corrected chi connectivity index (χ0v) is 12.8. The molecule has 1 N–H and O–H groups in total. The number of para-hydroxylation sites is 2. The molecule has 0 radical (unpaired) electrons. The molecule has 0 heterocycles. The lowest BCUT2D eigenvalue weighted by molar-refractivity contribution is 0.102. The van der Waals surface area contributed by atoms with Crippen LogP contribution in [-0.4, -0.2) is 19.6 Å². The maximum Gasteiger partial charge on any atom is 0.255 e. The average molecular weight is 297 g/mol. The van der Waals surface area contributed by atoms with Crippen LogP contribution in [0.1, 0.15) is 17.3 Å². The number of carbonyl (C=O) groups is 1. The van der Waals surface area contributed by atoms with Crippen molar-refractivity contribution in [1.29, 1.82) is 0 Å². The van der Waals surface area contributed by atoms with Gasteiger partial charge in [-0.05, 0) is 48.9 Å². The van der Waals surface area contributed by atoms with Crippen LogP contribution in [0.2, 0.25) is 0 Å². The van der Waals surface area contributed by atoms with Crippen LogP contribution in [-0.2, 0) is 0 Å². The number of carbonyl (C=O) groups excluding carboxylic acids is 1. The summed E-state index contributed by atoms with van der Waals surface area (Å²) in [5.41, 5.74) is 2.13. The Kier molecular flexibility index (Phi) is 5.20. The largest absolute Gasteiger partial charge is 0.495 e. The van der Waals surface area contributed by atoms with Crippen molar-refractivity contribution in [3.63, 3.8) is 0 Å². The molecule has 0 aliphatic heterocycles. The molecule has 2 aromatic carbocycles. The highest BCUT2D eigenvalue weighted by Gasteiger charge is 2.09. The molecule has 4 nitrogen and oxygen atoms in total. The maximum atomic E-state index is 12.2. The third-order valence-corrected chi connectivity index (χ3v) is 2.96. The Morgan fingerprint density at radius 2 is 1.82 bits per heavy atom. The van der Waals surface area contributed by atoms with E-state index >= 15 is 0 Å². The van der Waals surface area contributed by atoms with Crippen LogP contribution >= 0.6 is 0 Å². The van der Waals surface area contributed by atoms with Crippen molar-refractivity contribution in [1.82, 2.24) is 0 Å². The molecule has 114 valence electrons. The predicted molar refractivity (Wildman–Crippen MR) is 87.7 cm³/mol. The second kappa shape index (κ2) is 7.31. The summed E-state index contributed by atoms with van der Waals surface area (Å²) in [6.45, 7) is 6.14. The molecule has 0 aliphatic rings. The lowest BCUT2D eigenvalue weighted by Gasteiger charge is -2.10. The molecule has 0 aliphatic carbocycles. The van der Waals surface area contributed by atoms with Gasteiger partial charge in [0, 0.05) is 5.56 Å². The lowest BCUT2D eigenvalue weighted by atomic mass is 10.2. The minimum Gasteiger partial charge on any atom is -0.495 e. The fourth-order valence-electron chi connectivity index (χ4n) is 1.85. The summed E-state index contributed by atoms with van der Waals surface area (Å²) < 4.78 is 10.7. The molecule has 0 aromatic heterocycles. The van der Waals surface area contributed by atoms with E-state index in [9.17, 15) is 4.79 Å². The van der Waals surface area contributed by atoms with Crippen LogP contribution in [0.5, 0.6) is 11.5 Å². The Hall–Kier alpha value is -2.75. The lowest BCUT2D eigenvalue weighted by Crippen LogP contribution is -2.12. The highest BCUT2D eigenvalue weighted by Crippen LogP contribution is 2.24. The number of hydrogen-bond donors (Lipinski definition) is 1. The first-order chi connectivity index (χ1) is 10.6. The van der Waals surface area contributed by atoms with E-state index in [0.29, 0.717) is 29.4 Å². The third kappa shape index (κ3) is 4.12. The van der Waals surface area contributed by atoms with Gasteiger partial charge in [0.2, 0.25) is 0 Å². The first-order valence-corrected chi connectivity index (χ1v) is 6.92. The number of nitrogens with one attached hydrogen (secondary N) is 1. The molecule has 1 amide bonds. The minimum atomic E-state index is -0.198. The van der Waals surface area contributed by atoms with Gasteiger partial charge < -0.3 is 14.8 Å². The van der Waals surface area contributed by atoms with E-state index in [4.69, 9.17) is 9.47 Å². The van der Waals surface area contributed by atoms with Gasteiger partial charge in [-0.1, -0.05) is 18.7 Å². The van der Waals surface area contributed by atoms with Crippen molar-refractivity contribution in [2.45, 2.75) is 6.92 Å². The van der Waals surface area contributed by atoms with Crippen LogP contribution < -0.4 is 14.8 Å². The van der Waals surface area contributed by atoms with Crippen LogP contribution in [0.4, 0.5) is 5.69 Å². The summed E-state index contributed by atoms with van der Waals surface area (Å²) >= 11 is 0. The second-order valence-electron chi connectivity index (χ2n) is 4.92. The van der Waals surface area contributed by atoms with Gasteiger partial charge in [0.25, 0.3) is 5.91 Å². The molecular weight excluding hydrogens is 278 g/mol. The molecule has 0 fully saturated rings. The topological polar surface area (TPSA) is 47.6 Å². The fraction of sp³-hybridized carbons (Fsp3) is 0.167. The fourth-order valence-corrected chi connectivity index (χ4v) is 1.85. The van der Waals surface area contributed by atoms with Crippen molar-refractivity contribution >= 4 is 11.6 Å². The van der Waals surface area contributed by atoms with Gasteiger partial charge in [0.1, 0.15) is 18.1 Å². The van der Waals surface area contributed by atoms with Crippen LogP contribution in [0.25, 0.3) is 0 Å². The van der Waals surface area contributed by atoms with Crippen molar-refractivity contribution in [3.05, 3.63) is 66.2 Å². The predicted octanol–water partition coefficient (Wildman–Crippen LogP) is 3.90. The molecule has 0 bridgehead atoms. The standard InChI is InChI=1S/C18H19NO3/c1-13(2)12-22-15-10-8-14(9-11-15)18(20)19-16-6-4-5-7-17(16)21-3/h4-11H,1,12H2,2-3H3,(H,19,20). The Morgan fingerprint density at radius 3 is 2.45 bits per heavy atom. The van der Waals surface area contributed by atoms with Crippen LogP contribution in [0.3, 0.4) is 0 Å². The van der Waals surface area contributed by atoms with E-state index in [1.54, 1.807) is 43.5 Å². The Balaban J connectivity index is 2.05. The quantitative estimate of drug-likeness (QED) is 0.823. The number of amides is 1. The number of hydrogen-bond acceptors (Lipinski definition) is 3. The van der Waals surface area contributed by atoms with E-state index in [2.05, 4.69) is 11.9 Å². The zero-order chi connectivity index (χ0) is 15.9. The Labute approximate surface area is 130 Å². The first kappa shape index (κ1) is 15.6. The minimum absolute atomic E-state index is 0.198. The number of ether oxygens (including phenoxy) is 2. The summed E-state index contributed by atoms with van der Waals surface area (Å²) in [5.74, 6) is 1.13. The van der Waals surface area contributed by atoms with E-state index < -0.39 is 0 Å². The first-order valence-electron chi connectivity index (χ1n) is 6.92. The Morgan fingerprint density at radius 1 is 1.14 bits per heavy atom. The van der Waals surface area contributed by atoms with Gasteiger partial charge >= 0.3 is 0 Å². The molecule has 4 heteroatoms. The molecule has 0 saturated carbocycles. The summed E-state index contributed by atoms with van der Waals surface area (Å²) in [7, 11) is 1.57. The molecule has 0 unspecified atom stereocenters. The van der Waals surface area contributed by atoms with Gasteiger partial charge in [0.15, 0.2) is 0 Å². The second-order valence-corrected chi connectivity index (χ2v) is 4.92. The molecule has 0 atom stereocenters. The third-order valence-electron chi connectivity index (χ3n) is 2.96. The Bertz CT molecular complexity index is 662. The molecule has 22 heavy (non-hydrogen) atoms. The molecule has 2 rings (SSSR count). The molecule has 0 spiro atoms. The van der Waals surface area contributed by atoms with Crippen molar-refractivity contribution in [2.24, 2.45) is 0 Å². The SMILES string of the molecule is C=C(C)COc1ccc(C(=O)Nc2ccccc2OC)cc1. The van der Waals surface area contributed by atoms with Gasteiger partial charge in [-0.15, -0.1) is 0 Å².